The molecule has 7 heteroatoms. The minimum absolute atomic E-state index is 0.252. The topological polar surface area (TPSA) is 59.8 Å². The van der Waals surface area contributed by atoms with Gasteiger partial charge in [-0.3, -0.25) is 4.79 Å². The normalized spacial score (nSPS) is 13.6. The van der Waals surface area contributed by atoms with Crippen LogP contribution in [0.3, 0.4) is 0 Å². The summed E-state index contributed by atoms with van der Waals surface area (Å²) in [6, 6.07) is 13.7. The zero-order valence-corrected chi connectivity index (χ0v) is 18.6. The van der Waals surface area contributed by atoms with Gasteiger partial charge in [0, 0.05) is 17.2 Å². The zero-order valence-electron chi connectivity index (χ0n) is 17.1. The largest absolute Gasteiger partial charge is 0.307 e. The first-order valence-electron chi connectivity index (χ1n) is 10.3. The van der Waals surface area contributed by atoms with Crippen molar-refractivity contribution in [2.24, 2.45) is 0 Å². The smallest absolute Gasteiger partial charge is 0.249 e. The predicted molar refractivity (Wildman–Crippen MR) is 127 cm³/mol. The number of rotatable bonds is 4. The molecule has 31 heavy (non-hydrogen) atoms. The number of fused-ring (bicyclic) bond motifs is 2. The van der Waals surface area contributed by atoms with Gasteiger partial charge in [0.2, 0.25) is 11.0 Å². The fourth-order valence-electron chi connectivity index (χ4n) is 3.91. The second kappa shape index (κ2) is 8.29. The maximum Gasteiger partial charge on any atom is 0.249 e. The summed E-state index contributed by atoms with van der Waals surface area (Å²) in [6.45, 7) is 1.90. The first-order valence-corrected chi connectivity index (χ1v) is 11.5. The van der Waals surface area contributed by atoms with Crippen LogP contribution >= 0.6 is 22.9 Å². The number of thiazole rings is 1. The van der Waals surface area contributed by atoms with Gasteiger partial charge in [0.05, 0.1) is 15.9 Å². The van der Waals surface area contributed by atoms with Gasteiger partial charge in [-0.05, 0) is 73.6 Å². The van der Waals surface area contributed by atoms with Crippen molar-refractivity contribution in [2.45, 2.75) is 32.6 Å². The van der Waals surface area contributed by atoms with Gasteiger partial charge < -0.3 is 5.32 Å². The standard InChI is InChI=1S/C24H21ClN4OS/c1-15-12-22(27-23(30)11-10-16-6-4-5-9-19(16)25)29(28-15)24-26-20-13-17-7-2-3-8-18(17)14-21(20)31-24/h4-6,9-14H,2-3,7-8H2,1H3,(H,27,30)/b11-10+. The van der Waals surface area contributed by atoms with E-state index >= 15 is 0 Å². The Morgan fingerprint density at radius 2 is 1.94 bits per heavy atom. The molecule has 0 fully saturated rings. The molecule has 2 heterocycles. The lowest BCUT2D eigenvalue weighted by atomic mass is 9.92. The summed E-state index contributed by atoms with van der Waals surface area (Å²) in [5.74, 6) is 0.341. The van der Waals surface area contributed by atoms with Gasteiger partial charge >= 0.3 is 0 Å². The molecule has 2 aromatic heterocycles. The van der Waals surface area contributed by atoms with Crippen LogP contribution in [0, 0.1) is 6.92 Å². The average Bonchev–Trinajstić information content (AvgIpc) is 3.33. The molecule has 0 saturated heterocycles. The quantitative estimate of drug-likeness (QED) is 0.391. The fourth-order valence-corrected chi connectivity index (χ4v) is 5.09. The van der Waals surface area contributed by atoms with Gasteiger partial charge in [-0.25, -0.2) is 4.98 Å². The number of aromatic nitrogens is 3. The molecule has 0 bridgehead atoms. The van der Waals surface area contributed by atoms with Gasteiger partial charge in [-0.15, -0.1) is 0 Å². The van der Waals surface area contributed by atoms with Gasteiger partial charge in [-0.2, -0.15) is 9.78 Å². The maximum absolute atomic E-state index is 12.5. The van der Waals surface area contributed by atoms with Crippen LogP contribution in [0.15, 0.2) is 48.5 Å². The summed E-state index contributed by atoms with van der Waals surface area (Å²) in [4.78, 5) is 17.3. The Morgan fingerprint density at radius 3 is 2.74 bits per heavy atom. The zero-order chi connectivity index (χ0) is 21.4. The number of carbonyl (C=O) groups is 1. The minimum Gasteiger partial charge on any atom is -0.307 e. The highest BCUT2D eigenvalue weighted by molar-refractivity contribution is 7.20. The number of halogens is 1. The van der Waals surface area contributed by atoms with Crippen molar-refractivity contribution < 1.29 is 4.79 Å². The lowest BCUT2D eigenvalue weighted by Crippen LogP contribution is -2.12. The Kier molecular flexibility index (Phi) is 5.34. The Labute approximate surface area is 189 Å². The molecule has 0 spiro atoms. The first-order chi connectivity index (χ1) is 15.1. The second-order valence-electron chi connectivity index (χ2n) is 7.72. The number of hydrogen-bond acceptors (Lipinski definition) is 4. The lowest BCUT2D eigenvalue weighted by Gasteiger charge is -2.14. The van der Waals surface area contributed by atoms with E-state index in [0.29, 0.717) is 10.8 Å². The molecule has 0 unspecified atom stereocenters. The van der Waals surface area contributed by atoms with Crippen LogP contribution in [-0.2, 0) is 17.6 Å². The molecule has 1 amide bonds. The highest BCUT2D eigenvalue weighted by atomic mass is 35.5. The molecule has 5 rings (SSSR count). The average molecular weight is 449 g/mol. The van der Waals surface area contributed by atoms with E-state index in [2.05, 4.69) is 22.5 Å². The van der Waals surface area contributed by atoms with Gasteiger partial charge in [0.25, 0.3) is 0 Å². The van der Waals surface area contributed by atoms with Crippen LogP contribution in [0.5, 0.6) is 0 Å². The van der Waals surface area contributed by atoms with Crippen LogP contribution in [0.25, 0.3) is 21.4 Å². The lowest BCUT2D eigenvalue weighted by molar-refractivity contribution is -0.111. The number of nitrogens with zero attached hydrogens (tertiary/aromatic N) is 3. The summed E-state index contributed by atoms with van der Waals surface area (Å²) < 4.78 is 2.86. The molecule has 0 aliphatic heterocycles. The van der Waals surface area contributed by atoms with Gasteiger partial charge in [0.1, 0.15) is 5.82 Å². The SMILES string of the molecule is Cc1cc(NC(=O)/C=C/c2ccccc2Cl)n(-c2nc3cc4c(cc3s2)CCCC4)n1. The molecular weight excluding hydrogens is 428 g/mol. The van der Waals surface area contributed by atoms with Crippen molar-refractivity contribution in [3.8, 4) is 5.13 Å². The summed E-state index contributed by atoms with van der Waals surface area (Å²) in [7, 11) is 0. The van der Waals surface area contributed by atoms with E-state index in [9.17, 15) is 4.79 Å². The van der Waals surface area contributed by atoms with E-state index in [1.54, 1.807) is 28.2 Å². The van der Waals surface area contributed by atoms with E-state index in [1.807, 2.05) is 31.2 Å². The number of anilines is 1. The monoisotopic (exact) mass is 448 g/mol. The summed E-state index contributed by atoms with van der Waals surface area (Å²) in [5.41, 5.74) is 5.43. The van der Waals surface area contributed by atoms with Gasteiger partial charge in [-0.1, -0.05) is 41.1 Å². The summed E-state index contributed by atoms with van der Waals surface area (Å²) in [6.07, 6.45) is 7.93. The molecule has 0 atom stereocenters. The number of hydrogen-bond donors (Lipinski definition) is 1. The second-order valence-corrected chi connectivity index (χ2v) is 9.14. The van der Waals surface area contributed by atoms with E-state index in [-0.39, 0.29) is 5.91 Å². The molecule has 1 aliphatic rings. The summed E-state index contributed by atoms with van der Waals surface area (Å²) >= 11 is 7.75. The molecule has 2 aromatic carbocycles. The van der Waals surface area contributed by atoms with E-state index in [1.165, 1.54) is 30.0 Å². The number of nitrogens with one attached hydrogen (secondary N) is 1. The van der Waals surface area contributed by atoms with Crippen LogP contribution in [0.2, 0.25) is 5.02 Å². The highest BCUT2D eigenvalue weighted by Gasteiger charge is 2.16. The molecule has 0 radical (unpaired) electrons. The summed E-state index contributed by atoms with van der Waals surface area (Å²) in [5, 5.41) is 8.83. The molecule has 1 N–H and O–H groups in total. The van der Waals surface area contributed by atoms with Crippen molar-refractivity contribution in [1.82, 2.24) is 14.8 Å². The van der Waals surface area contributed by atoms with Crippen molar-refractivity contribution in [3.05, 3.63) is 75.9 Å². The van der Waals surface area contributed by atoms with E-state index < -0.39 is 0 Å². The van der Waals surface area contributed by atoms with E-state index in [4.69, 9.17) is 16.6 Å². The molecule has 1 aliphatic carbocycles. The third kappa shape index (κ3) is 4.13. The third-order valence-corrected chi connectivity index (χ3v) is 6.76. The van der Waals surface area contributed by atoms with Crippen molar-refractivity contribution in [1.29, 1.82) is 0 Å². The van der Waals surface area contributed by atoms with Crippen LogP contribution < -0.4 is 5.32 Å². The highest BCUT2D eigenvalue weighted by Crippen LogP contribution is 2.32. The molecular formula is C24H21ClN4OS. The minimum atomic E-state index is -0.252. The van der Waals surface area contributed by atoms with Crippen LogP contribution in [-0.4, -0.2) is 20.7 Å². The Morgan fingerprint density at radius 1 is 1.16 bits per heavy atom. The Hall–Kier alpha value is -2.96. The van der Waals surface area contributed by atoms with Crippen molar-refractivity contribution in [2.75, 3.05) is 5.32 Å². The Balaban J connectivity index is 1.43. The Bertz CT molecular complexity index is 1280. The molecule has 156 valence electrons. The van der Waals surface area contributed by atoms with E-state index in [0.717, 1.165) is 39.4 Å². The third-order valence-electron chi connectivity index (χ3n) is 5.42. The molecule has 5 nitrogen and oxygen atoms in total. The maximum atomic E-state index is 12.5. The number of carbonyl (C=O) groups excluding carboxylic acids is 1. The fraction of sp³-hybridized carbons (Fsp3) is 0.208. The molecule has 4 aromatic rings. The number of aryl methyl sites for hydroxylation is 3. The van der Waals surface area contributed by atoms with Crippen molar-refractivity contribution in [3.63, 3.8) is 0 Å². The number of benzene rings is 2. The predicted octanol–water partition coefficient (Wildman–Crippen LogP) is 5.97. The molecule has 0 saturated carbocycles. The van der Waals surface area contributed by atoms with Gasteiger partial charge in [0.15, 0.2) is 0 Å². The number of amides is 1. The van der Waals surface area contributed by atoms with Crippen molar-refractivity contribution >= 4 is 51.0 Å². The van der Waals surface area contributed by atoms with Crippen LogP contribution in [0.1, 0.15) is 35.2 Å². The first kappa shape index (κ1) is 20.0. The van der Waals surface area contributed by atoms with Crippen LogP contribution in [0.4, 0.5) is 5.82 Å².